The highest BCUT2D eigenvalue weighted by Gasteiger charge is 2.14. The van der Waals surface area contributed by atoms with Crippen molar-refractivity contribution in [1.29, 1.82) is 0 Å². The third-order valence-corrected chi connectivity index (χ3v) is 4.82. The number of amides is 1. The fourth-order valence-corrected chi connectivity index (χ4v) is 3.16. The molecule has 0 spiro atoms. The van der Waals surface area contributed by atoms with Crippen LogP contribution in [0.5, 0.6) is 5.75 Å². The van der Waals surface area contributed by atoms with E-state index in [1.54, 1.807) is 50.9 Å². The molecule has 2 heterocycles. The topological polar surface area (TPSA) is 114 Å². The molecule has 0 unspecified atom stereocenters. The number of aromatic nitrogens is 4. The molecule has 1 aromatic carbocycles. The summed E-state index contributed by atoms with van der Waals surface area (Å²) in [5.74, 6) is 0.825. The molecule has 3 N–H and O–H groups in total. The Morgan fingerprint density at radius 3 is 2.65 bits per heavy atom. The molecule has 0 aliphatic heterocycles. The summed E-state index contributed by atoms with van der Waals surface area (Å²) in [4.78, 5) is 20.7. The van der Waals surface area contributed by atoms with Crippen LogP contribution in [0.3, 0.4) is 0 Å². The number of methoxy groups -OCH3 is 1. The smallest absolute Gasteiger partial charge is 0.251 e. The molecular formula is C21H23ClN6O3. The Labute approximate surface area is 184 Å². The fourth-order valence-electron chi connectivity index (χ4n) is 2.88. The van der Waals surface area contributed by atoms with Crippen molar-refractivity contribution in [2.24, 2.45) is 0 Å². The van der Waals surface area contributed by atoms with Crippen LogP contribution in [0.25, 0.3) is 6.20 Å². The zero-order chi connectivity index (χ0) is 22.4. The molecule has 0 atom stereocenters. The van der Waals surface area contributed by atoms with Crippen molar-refractivity contribution in [1.82, 2.24) is 25.1 Å². The molecule has 10 heteroatoms. The van der Waals surface area contributed by atoms with Gasteiger partial charge in [-0.1, -0.05) is 11.6 Å². The van der Waals surface area contributed by atoms with E-state index in [1.807, 2.05) is 0 Å². The molecule has 3 rings (SSSR count). The van der Waals surface area contributed by atoms with Crippen LogP contribution in [-0.4, -0.2) is 44.9 Å². The molecule has 162 valence electrons. The first-order valence-electron chi connectivity index (χ1n) is 9.47. The van der Waals surface area contributed by atoms with Gasteiger partial charge in [-0.15, -0.1) is 0 Å². The second-order valence-electron chi connectivity index (χ2n) is 6.75. The number of allylic oxidation sites excluding steroid dienone is 1. The van der Waals surface area contributed by atoms with Crippen molar-refractivity contribution in [3.8, 4) is 5.75 Å². The number of halogens is 1. The molecule has 3 aromatic rings. The Hall–Kier alpha value is -3.59. The number of aliphatic hydroxyl groups is 1. The number of nitrogens with zero attached hydrogens (tertiary/aromatic N) is 4. The van der Waals surface area contributed by atoms with Crippen LogP contribution in [0, 0.1) is 0 Å². The Balaban J connectivity index is 1.67. The summed E-state index contributed by atoms with van der Waals surface area (Å²) in [5.41, 5.74) is 2.90. The number of nitrogens with one attached hydrogen (secondary N) is 2. The summed E-state index contributed by atoms with van der Waals surface area (Å²) >= 11 is 6.42. The minimum Gasteiger partial charge on any atom is -0.511 e. The highest BCUT2D eigenvalue weighted by Crippen LogP contribution is 2.31. The maximum Gasteiger partial charge on any atom is 0.251 e. The van der Waals surface area contributed by atoms with Gasteiger partial charge in [-0.25, -0.2) is 14.6 Å². The highest BCUT2D eigenvalue weighted by molar-refractivity contribution is 6.33. The van der Waals surface area contributed by atoms with Gasteiger partial charge in [0.2, 0.25) is 5.95 Å². The maximum absolute atomic E-state index is 12.0. The number of carbonyl (C=O) groups is 1. The molecule has 0 saturated heterocycles. The molecule has 0 radical (unpaired) electrons. The lowest BCUT2D eigenvalue weighted by Crippen LogP contribution is -2.18. The molecule has 2 aromatic heterocycles. The number of benzene rings is 1. The minimum atomic E-state index is -0.206. The van der Waals surface area contributed by atoms with Gasteiger partial charge in [-0.2, -0.15) is 5.10 Å². The number of rotatable bonds is 8. The van der Waals surface area contributed by atoms with E-state index in [0.717, 1.165) is 11.1 Å². The molecule has 0 bridgehead atoms. The number of carbonyl (C=O) groups excluding carboxylic acids is 1. The fraction of sp³-hybridized carbons (Fsp3) is 0.238. The first-order chi connectivity index (χ1) is 14.9. The van der Waals surface area contributed by atoms with Gasteiger partial charge in [0, 0.05) is 25.0 Å². The average Bonchev–Trinajstić information content (AvgIpc) is 3.19. The predicted molar refractivity (Wildman–Crippen MR) is 119 cm³/mol. The minimum absolute atomic E-state index is 0.147. The first kappa shape index (κ1) is 22.1. The summed E-state index contributed by atoms with van der Waals surface area (Å²) in [7, 11) is 3.09. The van der Waals surface area contributed by atoms with Gasteiger partial charge < -0.3 is 20.5 Å². The second kappa shape index (κ2) is 9.94. The average molecular weight is 443 g/mol. The molecular weight excluding hydrogens is 420 g/mol. The second-order valence-corrected chi connectivity index (χ2v) is 7.13. The molecule has 0 fully saturated rings. The van der Waals surface area contributed by atoms with Crippen molar-refractivity contribution in [3.05, 3.63) is 64.4 Å². The van der Waals surface area contributed by atoms with Crippen LogP contribution in [0.1, 0.15) is 28.4 Å². The van der Waals surface area contributed by atoms with Crippen LogP contribution in [0.4, 0.5) is 11.6 Å². The number of anilines is 2. The Morgan fingerprint density at radius 1 is 1.26 bits per heavy atom. The van der Waals surface area contributed by atoms with Crippen molar-refractivity contribution in [2.45, 2.75) is 19.8 Å². The highest BCUT2D eigenvalue weighted by atomic mass is 35.5. The molecule has 31 heavy (non-hydrogen) atoms. The summed E-state index contributed by atoms with van der Waals surface area (Å²) in [6, 6.07) is 3.38. The Bertz CT molecular complexity index is 1090. The van der Waals surface area contributed by atoms with Gasteiger partial charge in [-0.05, 0) is 43.0 Å². The van der Waals surface area contributed by atoms with E-state index in [1.165, 1.54) is 18.0 Å². The third-order valence-electron chi connectivity index (χ3n) is 4.39. The first-order valence-corrected chi connectivity index (χ1v) is 9.85. The van der Waals surface area contributed by atoms with Gasteiger partial charge in [0.1, 0.15) is 11.5 Å². The normalized spacial score (nSPS) is 11.3. The van der Waals surface area contributed by atoms with Gasteiger partial charge in [0.15, 0.2) is 0 Å². The van der Waals surface area contributed by atoms with Crippen LogP contribution in [-0.2, 0) is 12.8 Å². The summed E-state index contributed by atoms with van der Waals surface area (Å²) in [6.45, 7) is 1.56. The van der Waals surface area contributed by atoms with Crippen LogP contribution < -0.4 is 15.4 Å². The van der Waals surface area contributed by atoms with Gasteiger partial charge in [0.05, 0.1) is 36.4 Å². The van der Waals surface area contributed by atoms with Crippen molar-refractivity contribution < 1.29 is 14.6 Å². The zero-order valence-corrected chi connectivity index (χ0v) is 18.1. The molecule has 0 saturated carbocycles. The van der Waals surface area contributed by atoms with Crippen LogP contribution >= 0.6 is 11.6 Å². The Kier molecular flexibility index (Phi) is 7.09. The predicted octanol–water partition coefficient (Wildman–Crippen LogP) is 3.60. The maximum atomic E-state index is 12.0. The van der Waals surface area contributed by atoms with E-state index in [9.17, 15) is 9.90 Å². The van der Waals surface area contributed by atoms with Gasteiger partial charge in [0.25, 0.3) is 5.91 Å². The monoisotopic (exact) mass is 442 g/mol. The van der Waals surface area contributed by atoms with Crippen LogP contribution in [0.2, 0.25) is 5.02 Å². The van der Waals surface area contributed by atoms with E-state index >= 15 is 0 Å². The van der Waals surface area contributed by atoms with Gasteiger partial charge in [-0.3, -0.25) is 4.79 Å². The van der Waals surface area contributed by atoms with Crippen molar-refractivity contribution in [3.63, 3.8) is 0 Å². The standard InChI is InChI=1S/C21H23ClN6O3/c1-13(29)11-28-12-17(10-26-28)27-21-24-8-14(9-25-21)4-5-15-6-16(20(30)23-2)7-18(31-3)19(15)22/h6-12,29H,4-5H2,1-3H3,(H,23,30)(H,24,25,27)/b13-11+. The molecule has 9 nitrogen and oxygen atoms in total. The van der Waals surface area contributed by atoms with E-state index in [-0.39, 0.29) is 11.7 Å². The number of ether oxygens (including phenoxy) is 1. The van der Waals surface area contributed by atoms with Crippen LogP contribution in [0.15, 0.2) is 42.7 Å². The SMILES string of the molecule is CNC(=O)c1cc(CCc2cnc(Nc3cnn(/C=C(\C)O)c3)nc2)c(Cl)c(OC)c1. The van der Waals surface area contributed by atoms with E-state index in [0.29, 0.717) is 40.8 Å². The summed E-state index contributed by atoms with van der Waals surface area (Å²) in [6.07, 6.45) is 9.47. The third kappa shape index (κ3) is 5.73. The summed E-state index contributed by atoms with van der Waals surface area (Å²) in [5, 5.41) is 19.5. The molecule has 0 aliphatic rings. The number of hydrogen-bond donors (Lipinski definition) is 3. The van der Waals surface area contributed by atoms with Crippen molar-refractivity contribution in [2.75, 3.05) is 19.5 Å². The quantitative estimate of drug-likeness (QED) is 0.456. The lowest BCUT2D eigenvalue weighted by atomic mass is 10.0. The largest absolute Gasteiger partial charge is 0.511 e. The lowest BCUT2D eigenvalue weighted by molar-refractivity contribution is 0.0962. The number of hydrogen-bond acceptors (Lipinski definition) is 7. The number of aryl methyl sites for hydroxylation is 2. The number of aliphatic hydroxyl groups excluding tert-OH is 1. The Morgan fingerprint density at radius 2 is 2.00 bits per heavy atom. The van der Waals surface area contributed by atoms with E-state index in [2.05, 4.69) is 25.7 Å². The van der Waals surface area contributed by atoms with Crippen molar-refractivity contribution >= 4 is 35.3 Å². The molecule has 0 aliphatic carbocycles. The summed E-state index contributed by atoms with van der Waals surface area (Å²) < 4.78 is 6.78. The van der Waals surface area contributed by atoms with Gasteiger partial charge >= 0.3 is 0 Å². The zero-order valence-electron chi connectivity index (χ0n) is 17.4. The van der Waals surface area contributed by atoms with E-state index in [4.69, 9.17) is 16.3 Å². The van der Waals surface area contributed by atoms with E-state index < -0.39 is 0 Å². The lowest BCUT2D eigenvalue weighted by Gasteiger charge is -2.12. The molecule has 1 amide bonds.